The summed E-state index contributed by atoms with van der Waals surface area (Å²) in [5, 5.41) is 3.75. The van der Waals surface area contributed by atoms with Crippen LogP contribution < -0.4 is 10.1 Å². The molecule has 2 aliphatic heterocycles. The fourth-order valence-corrected chi connectivity index (χ4v) is 4.02. The fraction of sp³-hybridized carbons (Fsp3) is 0.364. The third kappa shape index (κ3) is 3.10. The molecule has 3 nitrogen and oxygen atoms in total. The van der Waals surface area contributed by atoms with Crippen LogP contribution in [0.4, 0.5) is 5.69 Å². The van der Waals surface area contributed by atoms with Crippen LogP contribution in [-0.2, 0) is 4.74 Å². The van der Waals surface area contributed by atoms with Crippen LogP contribution in [0.2, 0.25) is 0 Å². The van der Waals surface area contributed by atoms with Gasteiger partial charge in [0, 0.05) is 23.8 Å². The van der Waals surface area contributed by atoms with Crippen molar-refractivity contribution >= 4 is 5.69 Å². The van der Waals surface area contributed by atoms with Gasteiger partial charge in [0.2, 0.25) is 0 Å². The summed E-state index contributed by atoms with van der Waals surface area (Å²) in [6.07, 6.45) is 7.71. The van der Waals surface area contributed by atoms with E-state index in [4.69, 9.17) is 15.9 Å². The molecule has 0 radical (unpaired) electrons. The Morgan fingerprint density at radius 3 is 2.88 bits per heavy atom. The summed E-state index contributed by atoms with van der Waals surface area (Å²) in [5.41, 5.74) is 5.03. The van der Waals surface area contributed by atoms with E-state index in [1.807, 2.05) is 12.1 Å². The van der Waals surface area contributed by atoms with Crippen molar-refractivity contribution in [2.75, 3.05) is 18.5 Å². The van der Waals surface area contributed by atoms with Crippen molar-refractivity contribution in [3.05, 3.63) is 59.2 Å². The van der Waals surface area contributed by atoms with Crippen molar-refractivity contribution in [2.24, 2.45) is 5.92 Å². The van der Waals surface area contributed by atoms with E-state index in [2.05, 4.69) is 48.5 Å². The molecule has 2 aromatic rings. The summed E-state index contributed by atoms with van der Waals surface area (Å²) < 4.78 is 11.7. The zero-order chi connectivity index (χ0) is 17.2. The Morgan fingerprint density at radius 2 is 2.08 bits per heavy atom. The van der Waals surface area contributed by atoms with Crippen LogP contribution in [0, 0.1) is 25.2 Å². The molecule has 0 amide bonds. The zero-order valence-electron chi connectivity index (χ0n) is 14.5. The van der Waals surface area contributed by atoms with Crippen molar-refractivity contribution < 1.29 is 9.47 Å². The molecule has 1 unspecified atom stereocenters. The van der Waals surface area contributed by atoms with Crippen molar-refractivity contribution in [2.45, 2.75) is 31.9 Å². The molecule has 1 N–H and O–H groups in total. The van der Waals surface area contributed by atoms with Crippen molar-refractivity contribution in [1.29, 1.82) is 0 Å². The molecule has 3 atom stereocenters. The van der Waals surface area contributed by atoms with E-state index >= 15 is 0 Å². The summed E-state index contributed by atoms with van der Waals surface area (Å²) in [6, 6.07) is 15.1. The molecule has 0 bridgehead atoms. The van der Waals surface area contributed by atoms with Crippen LogP contribution in [0.15, 0.2) is 42.5 Å². The highest BCUT2D eigenvalue weighted by Crippen LogP contribution is 2.49. The van der Waals surface area contributed by atoms with Gasteiger partial charge >= 0.3 is 0 Å². The zero-order valence-corrected chi connectivity index (χ0v) is 14.5. The van der Waals surface area contributed by atoms with Crippen LogP contribution in [-0.4, -0.2) is 13.2 Å². The number of rotatable bonds is 3. The van der Waals surface area contributed by atoms with Crippen LogP contribution in [0.25, 0.3) is 0 Å². The lowest BCUT2D eigenvalue weighted by Crippen LogP contribution is -2.36. The molecule has 2 heterocycles. The maximum atomic E-state index is 6.21. The number of hydrogen-bond acceptors (Lipinski definition) is 3. The molecule has 0 aliphatic carbocycles. The average Bonchev–Trinajstić information content (AvgIpc) is 2.66. The number of anilines is 1. The third-order valence-corrected chi connectivity index (χ3v) is 5.18. The number of aryl methyl sites for hydroxylation is 1. The molecular weight excluding hydrogens is 310 g/mol. The molecule has 3 heteroatoms. The van der Waals surface area contributed by atoms with Crippen molar-refractivity contribution in [3.8, 4) is 18.1 Å². The van der Waals surface area contributed by atoms with E-state index in [0.29, 0.717) is 12.5 Å². The Labute approximate surface area is 149 Å². The van der Waals surface area contributed by atoms with Gasteiger partial charge in [-0.15, -0.1) is 6.42 Å². The van der Waals surface area contributed by atoms with Crippen LogP contribution in [0.1, 0.15) is 41.7 Å². The molecule has 128 valence electrons. The van der Waals surface area contributed by atoms with Crippen molar-refractivity contribution in [1.82, 2.24) is 0 Å². The van der Waals surface area contributed by atoms with Gasteiger partial charge in [0.05, 0.1) is 12.1 Å². The van der Waals surface area contributed by atoms with E-state index in [-0.39, 0.29) is 12.1 Å². The molecular formula is C22H23NO2. The van der Waals surface area contributed by atoms with E-state index in [1.54, 1.807) is 0 Å². The predicted molar refractivity (Wildman–Crippen MR) is 99.7 cm³/mol. The Bertz CT molecular complexity index is 791. The number of fused-ring (bicyclic) bond motifs is 3. The van der Waals surface area contributed by atoms with E-state index in [0.717, 1.165) is 18.8 Å². The van der Waals surface area contributed by atoms with E-state index in [1.165, 1.54) is 28.8 Å². The predicted octanol–water partition coefficient (Wildman–Crippen LogP) is 4.64. The summed E-state index contributed by atoms with van der Waals surface area (Å²) in [4.78, 5) is 0. The van der Waals surface area contributed by atoms with Crippen LogP contribution >= 0.6 is 0 Å². The first-order valence-corrected chi connectivity index (χ1v) is 8.91. The van der Waals surface area contributed by atoms with Gasteiger partial charge in [0.1, 0.15) is 12.4 Å². The maximum absolute atomic E-state index is 6.21. The first-order valence-electron chi connectivity index (χ1n) is 8.91. The topological polar surface area (TPSA) is 30.5 Å². The number of terminal acetylenes is 1. The Balaban J connectivity index is 1.65. The second-order valence-electron chi connectivity index (χ2n) is 6.87. The summed E-state index contributed by atoms with van der Waals surface area (Å²) in [6.45, 7) is 3.28. The van der Waals surface area contributed by atoms with Gasteiger partial charge in [-0.3, -0.25) is 0 Å². The smallest absolute Gasteiger partial charge is 0.148 e. The lowest BCUT2D eigenvalue weighted by Gasteiger charge is -2.43. The highest BCUT2D eigenvalue weighted by atomic mass is 16.5. The SMILES string of the molecule is C#CCOc1ccc(C2Nc3ccc(C)cc3[C@H]3OCCC[C@@H]23)cc1. The van der Waals surface area contributed by atoms with E-state index < -0.39 is 0 Å². The summed E-state index contributed by atoms with van der Waals surface area (Å²) in [7, 11) is 0. The van der Waals surface area contributed by atoms with Gasteiger partial charge in [-0.25, -0.2) is 0 Å². The van der Waals surface area contributed by atoms with Crippen molar-refractivity contribution in [3.63, 3.8) is 0 Å². The first kappa shape index (κ1) is 16.1. The second-order valence-corrected chi connectivity index (χ2v) is 6.87. The Hall–Kier alpha value is -2.44. The Kier molecular flexibility index (Phi) is 4.38. The number of benzene rings is 2. The first-order chi connectivity index (χ1) is 12.3. The Morgan fingerprint density at radius 1 is 1.24 bits per heavy atom. The highest BCUT2D eigenvalue weighted by Gasteiger charge is 2.39. The number of ether oxygens (including phenoxy) is 2. The van der Waals surface area contributed by atoms with Gasteiger partial charge in [-0.1, -0.05) is 35.7 Å². The molecule has 0 aromatic heterocycles. The standard InChI is InChI=1S/C22H23NO2/c1-3-12-24-17-9-7-16(8-10-17)21-18-5-4-13-25-22(18)19-14-15(2)6-11-20(19)23-21/h1,6-11,14,18,21-23H,4-5,12-13H2,2H3/t18-,21?,22-/m0/s1. The largest absolute Gasteiger partial charge is 0.481 e. The molecule has 1 saturated heterocycles. The highest BCUT2D eigenvalue weighted by molar-refractivity contribution is 5.58. The van der Waals surface area contributed by atoms with Gasteiger partial charge in [0.25, 0.3) is 0 Å². The van der Waals surface area contributed by atoms with E-state index in [9.17, 15) is 0 Å². The third-order valence-electron chi connectivity index (χ3n) is 5.18. The molecule has 1 fully saturated rings. The molecule has 0 spiro atoms. The quantitative estimate of drug-likeness (QED) is 0.830. The summed E-state index contributed by atoms with van der Waals surface area (Å²) >= 11 is 0. The van der Waals surface area contributed by atoms with Gasteiger partial charge in [0.15, 0.2) is 0 Å². The minimum atomic E-state index is 0.173. The molecule has 25 heavy (non-hydrogen) atoms. The normalized spacial score (nSPS) is 24.4. The molecule has 2 aliphatic rings. The van der Waals surface area contributed by atoms with Gasteiger partial charge in [-0.2, -0.15) is 0 Å². The van der Waals surface area contributed by atoms with Crippen LogP contribution in [0.5, 0.6) is 5.75 Å². The van der Waals surface area contributed by atoms with Crippen LogP contribution in [0.3, 0.4) is 0 Å². The fourth-order valence-electron chi connectivity index (χ4n) is 4.02. The summed E-state index contributed by atoms with van der Waals surface area (Å²) in [5.74, 6) is 3.75. The lowest BCUT2D eigenvalue weighted by molar-refractivity contribution is -0.0381. The maximum Gasteiger partial charge on any atom is 0.148 e. The van der Waals surface area contributed by atoms with Gasteiger partial charge in [-0.05, 0) is 43.5 Å². The van der Waals surface area contributed by atoms with Gasteiger partial charge < -0.3 is 14.8 Å². The lowest BCUT2D eigenvalue weighted by atomic mass is 9.77. The second kappa shape index (κ2) is 6.82. The average molecular weight is 333 g/mol. The molecule has 0 saturated carbocycles. The molecule has 4 rings (SSSR count). The minimum Gasteiger partial charge on any atom is -0.481 e. The minimum absolute atomic E-state index is 0.173. The number of hydrogen-bond donors (Lipinski definition) is 1. The number of nitrogens with one attached hydrogen (secondary N) is 1. The molecule has 2 aromatic carbocycles. The monoisotopic (exact) mass is 333 g/mol.